The molecular weight excluding hydrogens is 284 g/mol. The Labute approximate surface area is 131 Å². The van der Waals surface area contributed by atoms with Crippen LogP contribution in [0.15, 0.2) is 12.1 Å². The first-order chi connectivity index (χ1) is 10.7. The number of hydrogen-bond acceptors (Lipinski definition) is 5. The monoisotopic (exact) mass is 308 g/mol. The number of fused-ring (bicyclic) bond motifs is 1. The number of methoxy groups -OCH3 is 3. The van der Waals surface area contributed by atoms with Gasteiger partial charge < -0.3 is 24.4 Å². The molecule has 6 heteroatoms. The van der Waals surface area contributed by atoms with Crippen LogP contribution in [0.1, 0.15) is 11.1 Å². The summed E-state index contributed by atoms with van der Waals surface area (Å²) in [6.45, 7) is 2.96. The number of nitrogens with zero attached hydrogens (tertiary/aromatic N) is 1. The first-order valence-electron chi connectivity index (χ1n) is 7.40. The standard InChI is InChI=1S/C16H24N2O4/c1-20-7-5-17-10-16(19)18-6-4-12-8-14(21-2)15(22-3)9-13(12)11-18/h8-9,17H,4-7,10-11H2,1-3H3. The molecule has 1 aliphatic rings. The molecule has 1 N–H and O–H groups in total. The molecule has 0 radical (unpaired) electrons. The van der Waals surface area contributed by atoms with E-state index in [1.54, 1.807) is 21.3 Å². The number of rotatable bonds is 7. The summed E-state index contributed by atoms with van der Waals surface area (Å²) >= 11 is 0. The number of ether oxygens (including phenoxy) is 3. The highest BCUT2D eigenvalue weighted by Gasteiger charge is 2.22. The van der Waals surface area contributed by atoms with Crippen molar-refractivity contribution < 1.29 is 19.0 Å². The Kier molecular flexibility index (Phi) is 6.03. The van der Waals surface area contributed by atoms with Gasteiger partial charge in [-0.15, -0.1) is 0 Å². The normalized spacial score (nSPS) is 13.7. The maximum atomic E-state index is 12.2. The Hall–Kier alpha value is -1.79. The number of carbonyl (C=O) groups is 1. The van der Waals surface area contributed by atoms with Crippen LogP contribution in [-0.2, 0) is 22.5 Å². The van der Waals surface area contributed by atoms with Gasteiger partial charge in [-0.3, -0.25) is 4.79 Å². The van der Waals surface area contributed by atoms with Crippen LogP contribution in [0.5, 0.6) is 11.5 Å². The van der Waals surface area contributed by atoms with Gasteiger partial charge in [-0.25, -0.2) is 0 Å². The van der Waals surface area contributed by atoms with E-state index in [1.807, 2.05) is 17.0 Å². The summed E-state index contributed by atoms with van der Waals surface area (Å²) in [6, 6.07) is 3.97. The highest BCUT2D eigenvalue weighted by atomic mass is 16.5. The van der Waals surface area contributed by atoms with Crippen molar-refractivity contribution in [3.8, 4) is 11.5 Å². The number of carbonyl (C=O) groups excluding carboxylic acids is 1. The van der Waals surface area contributed by atoms with Crippen molar-refractivity contribution in [3.05, 3.63) is 23.3 Å². The fourth-order valence-electron chi connectivity index (χ4n) is 2.58. The van der Waals surface area contributed by atoms with Crippen molar-refractivity contribution in [2.45, 2.75) is 13.0 Å². The smallest absolute Gasteiger partial charge is 0.236 e. The van der Waals surface area contributed by atoms with Crippen LogP contribution in [-0.4, -0.2) is 58.4 Å². The molecule has 0 atom stereocenters. The average molecular weight is 308 g/mol. The number of amides is 1. The van der Waals surface area contributed by atoms with Gasteiger partial charge in [0.25, 0.3) is 0 Å². The number of hydrogen-bond donors (Lipinski definition) is 1. The first-order valence-corrected chi connectivity index (χ1v) is 7.40. The highest BCUT2D eigenvalue weighted by molar-refractivity contribution is 5.78. The SMILES string of the molecule is COCCNCC(=O)N1CCc2cc(OC)c(OC)cc2C1. The van der Waals surface area contributed by atoms with E-state index in [-0.39, 0.29) is 5.91 Å². The van der Waals surface area contributed by atoms with E-state index in [0.29, 0.717) is 32.0 Å². The van der Waals surface area contributed by atoms with Gasteiger partial charge in [0.2, 0.25) is 5.91 Å². The third kappa shape index (κ3) is 3.90. The zero-order valence-corrected chi connectivity index (χ0v) is 13.5. The van der Waals surface area contributed by atoms with Gasteiger partial charge >= 0.3 is 0 Å². The summed E-state index contributed by atoms with van der Waals surface area (Å²) in [7, 11) is 4.90. The van der Waals surface area contributed by atoms with Crippen LogP contribution in [0.2, 0.25) is 0 Å². The van der Waals surface area contributed by atoms with Crippen molar-refractivity contribution in [1.82, 2.24) is 10.2 Å². The Morgan fingerprint density at radius 3 is 2.50 bits per heavy atom. The van der Waals surface area contributed by atoms with Crippen molar-refractivity contribution in [1.29, 1.82) is 0 Å². The van der Waals surface area contributed by atoms with Gasteiger partial charge in [-0.05, 0) is 29.7 Å². The molecule has 0 bridgehead atoms. The molecule has 1 aromatic rings. The lowest BCUT2D eigenvalue weighted by Gasteiger charge is -2.29. The molecule has 22 heavy (non-hydrogen) atoms. The van der Waals surface area contributed by atoms with Crippen molar-refractivity contribution >= 4 is 5.91 Å². The topological polar surface area (TPSA) is 60.0 Å². The fraction of sp³-hybridized carbons (Fsp3) is 0.562. The third-order valence-corrected chi connectivity index (χ3v) is 3.83. The van der Waals surface area contributed by atoms with E-state index in [4.69, 9.17) is 14.2 Å². The molecule has 1 aromatic carbocycles. The van der Waals surface area contributed by atoms with Crippen LogP contribution >= 0.6 is 0 Å². The summed E-state index contributed by atoms with van der Waals surface area (Å²) < 4.78 is 15.6. The number of nitrogens with one attached hydrogen (secondary N) is 1. The molecule has 0 spiro atoms. The zero-order chi connectivity index (χ0) is 15.9. The van der Waals surface area contributed by atoms with E-state index >= 15 is 0 Å². The maximum Gasteiger partial charge on any atom is 0.236 e. The molecule has 0 fully saturated rings. The van der Waals surface area contributed by atoms with Crippen molar-refractivity contribution in [3.63, 3.8) is 0 Å². The summed E-state index contributed by atoms with van der Waals surface area (Å²) in [6.07, 6.45) is 0.833. The molecular formula is C16H24N2O4. The van der Waals surface area contributed by atoms with Gasteiger partial charge in [0.15, 0.2) is 11.5 Å². The van der Waals surface area contributed by atoms with Crippen LogP contribution in [0.3, 0.4) is 0 Å². The Balaban J connectivity index is 2.00. The molecule has 2 rings (SSSR count). The van der Waals surface area contributed by atoms with Gasteiger partial charge in [-0.2, -0.15) is 0 Å². The summed E-state index contributed by atoms with van der Waals surface area (Å²) in [4.78, 5) is 14.1. The second-order valence-corrected chi connectivity index (χ2v) is 5.21. The van der Waals surface area contributed by atoms with E-state index in [2.05, 4.69) is 5.32 Å². The maximum absolute atomic E-state index is 12.2. The molecule has 6 nitrogen and oxygen atoms in total. The second kappa shape index (κ2) is 8.00. The molecule has 1 amide bonds. The predicted octanol–water partition coefficient (Wildman–Crippen LogP) is 0.825. The lowest BCUT2D eigenvalue weighted by molar-refractivity contribution is -0.131. The lowest BCUT2D eigenvalue weighted by atomic mass is 9.98. The van der Waals surface area contributed by atoms with E-state index in [9.17, 15) is 4.79 Å². The molecule has 122 valence electrons. The largest absolute Gasteiger partial charge is 0.493 e. The number of benzene rings is 1. The van der Waals surface area contributed by atoms with Crippen molar-refractivity contribution in [2.75, 3.05) is 47.6 Å². The fourth-order valence-corrected chi connectivity index (χ4v) is 2.58. The second-order valence-electron chi connectivity index (χ2n) is 5.21. The van der Waals surface area contributed by atoms with Crippen LogP contribution < -0.4 is 14.8 Å². The molecule has 0 saturated carbocycles. The van der Waals surface area contributed by atoms with E-state index in [1.165, 1.54) is 5.56 Å². The van der Waals surface area contributed by atoms with Gasteiger partial charge in [-0.1, -0.05) is 0 Å². The molecule has 0 saturated heterocycles. The Bertz CT molecular complexity index is 519. The van der Waals surface area contributed by atoms with E-state index in [0.717, 1.165) is 24.3 Å². The minimum Gasteiger partial charge on any atom is -0.493 e. The first kappa shape index (κ1) is 16.6. The summed E-state index contributed by atoms with van der Waals surface area (Å²) in [5.41, 5.74) is 2.34. The molecule has 0 aliphatic carbocycles. The minimum absolute atomic E-state index is 0.108. The van der Waals surface area contributed by atoms with E-state index < -0.39 is 0 Å². The predicted molar refractivity (Wildman–Crippen MR) is 83.4 cm³/mol. The molecule has 1 aliphatic heterocycles. The van der Waals surface area contributed by atoms with Gasteiger partial charge in [0.05, 0.1) is 27.4 Å². The molecule has 0 unspecified atom stereocenters. The summed E-state index contributed by atoms with van der Waals surface area (Å²) in [5.74, 6) is 1.55. The molecule has 0 aromatic heterocycles. The average Bonchev–Trinajstić information content (AvgIpc) is 2.56. The summed E-state index contributed by atoms with van der Waals surface area (Å²) in [5, 5.41) is 3.09. The Morgan fingerprint density at radius 2 is 1.86 bits per heavy atom. The van der Waals surface area contributed by atoms with Gasteiger partial charge in [0.1, 0.15) is 0 Å². The van der Waals surface area contributed by atoms with Crippen LogP contribution in [0.25, 0.3) is 0 Å². The van der Waals surface area contributed by atoms with Gasteiger partial charge in [0, 0.05) is 26.7 Å². The lowest BCUT2D eigenvalue weighted by Crippen LogP contribution is -2.41. The third-order valence-electron chi connectivity index (χ3n) is 3.83. The molecule has 1 heterocycles. The van der Waals surface area contributed by atoms with Crippen LogP contribution in [0, 0.1) is 0 Å². The zero-order valence-electron chi connectivity index (χ0n) is 13.5. The quantitative estimate of drug-likeness (QED) is 0.756. The highest BCUT2D eigenvalue weighted by Crippen LogP contribution is 2.33. The Morgan fingerprint density at radius 1 is 1.18 bits per heavy atom. The minimum atomic E-state index is 0.108. The van der Waals surface area contributed by atoms with Crippen molar-refractivity contribution in [2.24, 2.45) is 0 Å². The van der Waals surface area contributed by atoms with Crippen LogP contribution in [0.4, 0.5) is 0 Å².